The van der Waals surface area contributed by atoms with Gasteiger partial charge in [0, 0.05) is 36.6 Å². The summed E-state index contributed by atoms with van der Waals surface area (Å²) in [7, 11) is 1.56. The number of carbonyl (C=O) groups is 4. The summed E-state index contributed by atoms with van der Waals surface area (Å²) in [5.41, 5.74) is -0.00126. The SMILES string of the molecule is C=CCCC(=O)NC[C@@H](OC(=O)[C@@H]1[C@H]2O[C@@]3(CC2Br)[C@H](C(=O)N(CC=C)c2ccc(OC)cc2)N(CCCCCO)C(=O)[C@@H]13)c1ccccc1. The predicted molar refractivity (Wildman–Crippen MR) is 192 cm³/mol. The topological polar surface area (TPSA) is 135 Å². The Hall–Kier alpha value is -4.00. The molecule has 2 bridgehead atoms. The van der Waals surface area contributed by atoms with Gasteiger partial charge >= 0.3 is 5.97 Å². The van der Waals surface area contributed by atoms with Gasteiger partial charge in [-0.2, -0.15) is 0 Å². The van der Waals surface area contributed by atoms with Gasteiger partial charge in [0.2, 0.25) is 11.8 Å². The first-order valence-electron chi connectivity index (χ1n) is 17.1. The molecular formula is C38H46BrN3O8. The van der Waals surface area contributed by atoms with E-state index in [0.29, 0.717) is 49.1 Å². The van der Waals surface area contributed by atoms with E-state index in [0.717, 1.165) is 0 Å². The fraction of sp³-hybridized carbons (Fsp3) is 0.474. The van der Waals surface area contributed by atoms with Crippen molar-refractivity contribution in [2.75, 3.05) is 38.3 Å². The molecule has 268 valence electrons. The number of hydrogen-bond donors (Lipinski definition) is 2. The summed E-state index contributed by atoms with van der Waals surface area (Å²) < 4.78 is 18.2. The largest absolute Gasteiger partial charge is 0.497 e. The van der Waals surface area contributed by atoms with Crippen LogP contribution in [0, 0.1) is 11.8 Å². The molecule has 1 spiro atoms. The van der Waals surface area contributed by atoms with Crippen molar-refractivity contribution in [2.45, 2.75) is 67.2 Å². The highest BCUT2D eigenvalue weighted by Crippen LogP contribution is 2.60. The van der Waals surface area contributed by atoms with E-state index in [9.17, 15) is 24.3 Å². The number of hydrogen-bond acceptors (Lipinski definition) is 8. The van der Waals surface area contributed by atoms with Gasteiger partial charge in [0.1, 0.15) is 23.5 Å². The second-order valence-electron chi connectivity index (χ2n) is 12.9. The van der Waals surface area contributed by atoms with Gasteiger partial charge in [-0.15, -0.1) is 13.2 Å². The van der Waals surface area contributed by atoms with Crippen molar-refractivity contribution in [3.05, 3.63) is 85.5 Å². The average Bonchev–Trinajstić information content (AvgIpc) is 3.73. The molecule has 7 atom stereocenters. The quantitative estimate of drug-likeness (QED) is 0.0986. The Labute approximate surface area is 301 Å². The number of ether oxygens (including phenoxy) is 3. The van der Waals surface area contributed by atoms with E-state index in [4.69, 9.17) is 14.2 Å². The predicted octanol–water partition coefficient (Wildman–Crippen LogP) is 4.49. The lowest BCUT2D eigenvalue weighted by atomic mass is 9.70. The molecule has 50 heavy (non-hydrogen) atoms. The molecule has 5 rings (SSSR count). The number of likely N-dealkylation sites (tertiary alicyclic amines) is 1. The number of alkyl halides is 1. The van der Waals surface area contributed by atoms with Crippen LogP contribution >= 0.6 is 15.9 Å². The number of esters is 1. The van der Waals surface area contributed by atoms with Gasteiger partial charge < -0.3 is 34.4 Å². The second-order valence-corrected chi connectivity index (χ2v) is 14.1. The summed E-state index contributed by atoms with van der Waals surface area (Å²) >= 11 is 3.73. The molecule has 2 aromatic rings. The number of allylic oxidation sites excluding steroid dienone is 1. The number of carbonyl (C=O) groups excluding carboxylic acids is 4. The number of nitrogens with zero attached hydrogens (tertiary/aromatic N) is 2. The summed E-state index contributed by atoms with van der Waals surface area (Å²) in [6.45, 7) is 8.04. The first-order chi connectivity index (χ1) is 24.2. The summed E-state index contributed by atoms with van der Waals surface area (Å²) in [5.74, 6) is -2.82. The maximum atomic E-state index is 14.8. The number of unbranched alkanes of at least 4 members (excludes halogenated alkanes) is 2. The molecule has 0 aliphatic carbocycles. The third kappa shape index (κ3) is 7.52. The minimum absolute atomic E-state index is 0.0225. The second kappa shape index (κ2) is 16.8. The molecule has 3 saturated heterocycles. The van der Waals surface area contributed by atoms with Gasteiger partial charge in [-0.3, -0.25) is 19.2 Å². The number of benzene rings is 2. The highest BCUT2D eigenvalue weighted by atomic mass is 79.9. The van der Waals surface area contributed by atoms with Crippen LogP contribution in [0.1, 0.15) is 50.2 Å². The van der Waals surface area contributed by atoms with E-state index < -0.39 is 41.7 Å². The fourth-order valence-corrected chi connectivity index (χ4v) is 8.44. The minimum atomic E-state index is -1.29. The van der Waals surface area contributed by atoms with Gasteiger partial charge in [-0.25, -0.2) is 0 Å². The monoisotopic (exact) mass is 751 g/mol. The number of halogens is 1. The number of amides is 3. The third-order valence-corrected chi connectivity index (χ3v) is 10.6. The molecule has 3 aliphatic rings. The van der Waals surface area contributed by atoms with Crippen molar-refractivity contribution >= 4 is 45.3 Å². The van der Waals surface area contributed by atoms with Gasteiger partial charge in [-0.1, -0.05) is 58.4 Å². The first kappa shape index (κ1) is 37.3. The zero-order chi connectivity index (χ0) is 35.8. The molecule has 0 radical (unpaired) electrons. The number of nitrogens with one attached hydrogen (secondary N) is 1. The summed E-state index contributed by atoms with van der Waals surface area (Å²) in [4.78, 5) is 58.9. The zero-order valence-electron chi connectivity index (χ0n) is 28.4. The van der Waals surface area contributed by atoms with E-state index in [1.54, 1.807) is 53.3 Å². The maximum absolute atomic E-state index is 14.8. The number of methoxy groups -OCH3 is 1. The number of rotatable bonds is 18. The van der Waals surface area contributed by atoms with Crippen LogP contribution in [0.25, 0.3) is 0 Å². The normalized spacial score (nSPS) is 25.5. The Bertz CT molecular complexity index is 1540. The van der Waals surface area contributed by atoms with Crippen LogP contribution in [0.2, 0.25) is 0 Å². The van der Waals surface area contributed by atoms with Crippen molar-refractivity contribution in [1.82, 2.24) is 10.2 Å². The van der Waals surface area contributed by atoms with Crippen LogP contribution in [-0.4, -0.2) is 89.6 Å². The Balaban J connectivity index is 1.47. The van der Waals surface area contributed by atoms with Crippen LogP contribution in [0.5, 0.6) is 5.75 Å². The van der Waals surface area contributed by atoms with Crippen LogP contribution in [0.15, 0.2) is 79.9 Å². The van der Waals surface area contributed by atoms with Crippen LogP contribution in [0.4, 0.5) is 5.69 Å². The first-order valence-corrected chi connectivity index (χ1v) is 18.0. The molecule has 2 aromatic carbocycles. The Morgan fingerprint density at radius 2 is 1.86 bits per heavy atom. The smallest absolute Gasteiger partial charge is 0.313 e. The van der Waals surface area contributed by atoms with Crippen LogP contribution in [0.3, 0.4) is 0 Å². The van der Waals surface area contributed by atoms with Gasteiger partial charge in [0.25, 0.3) is 5.91 Å². The van der Waals surface area contributed by atoms with E-state index in [1.165, 1.54) is 0 Å². The molecule has 12 heteroatoms. The lowest BCUT2D eigenvalue weighted by molar-refractivity contribution is -0.160. The molecule has 3 amide bonds. The van der Waals surface area contributed by atoms with Gasteiger partial charge in [-0.05, 0) is 61.9 Å². The Morgan fingerprint density at radius 1 is 1.12 bits per heavy atom. The lowest BCUT2D eigenvalue weighted by Gasteiger charge is -2.37. The number of aliphatic hydroxyl groups excluding tert-OH is 1. The van der Waals surface area contributed by atoms with Crippen LogP contribution < -0.4 is 15.0 Å². The van der Waals surface area contributed by atoms with E-state index >= 15 is 0 Å². The number of fused-ring (bicyclic) bond motifs is 1. The number of aliphatic hydroxyl groups is 1. The molecule has 3 aliphatic heterocycles. The minimum Gasteiger partial charge on any atom is -0.497 e. The van der Waals surface area contributed by atoms with E-state index in [2.05, 4.69) is 34.4 Å². The lowest BCUT2D eigenvalue weighted by Crippen LogP contribution is -2.57. The zero-order valence-corrected chi connectivity index (χ0v) is 30.0. The Kier molecular flexibility index (Phi) is 12.5. The Morgan fingerprint density at radius 3 is 2.52 bits per heavy atom. The van der Waals surface area contributed by atoms with Crippen molar-refractivity contribution in [3.63, 3.8) is 0 Å². The van der Waals surface area contributed by atoms with Crippen molar-refractivity contribution in [2.24, 2.45) is 11.8 Å². The molecule has 11 nitrogen and oxygen atoms in total. The van der Waals surface area contributed by atoms with Crippen molar-refractivity contribution < 1.29 is 38.5 Å². The van der Waals surface area contributed by atoms with Crippen molar-refractivity contribution in [1.29, 1.82) is 0 Å². The summed E-state index contributed by atoms with van der Waals surface area (Å²) in [5, 5.41) is 12.2. The molecule has 3 fully saturated rings. The van der Waals surface area contributed by atoms with E-state index in [1.807, 2.05) is 30.3 Å². The van der Waals surface area contributed by atoms with Crippen LogP contribution in [-0.2, 0) is 28.7 Å². The summed E-state index contributed by atoms with van der Waals surface area (Å²) in [6, 6.07) is 15.2. The van der Waals surface area contributed by atoms with Gasteiger partial charge in [0.05, 0.1) is 31.6 Å². The molecule has 0 aromatic heterocycles. The third-order valence-electron chi connectivity index (χ3n) is 9.80. The number of anilines is 1. The molecule has 2 N–H and O–H groups in total. The molecular weight excluding hydrogens is 706 g/mol. The molecule has 0 saturated carbocycles. The summed E-state index contributed by atoms with van der Waals surface area (Å²) in [6.07, 6.45) is 4.64. The standard InChI is InChI=1S/C38H46BrN3O8/c1-4-6-15-30(44)40-24-29(25-13-9-7-10-14-25)49-37(47)31-32-35(45)42(21-11-8-12-22-43)34(38(32)23-28(39)33(31)50-38)36(46)41(20-5-2)26-16-18-27(48-3)19-17-26/h4-5,7,9-10,13-14,16-19,28-29,31-34,43H,1-2,6,8,11-12,15,20-24H2,3H3,(H,40,44)/t28?,29-,31+,32-,33+,34+,38-/m1/s1. The molecule has 1 unspecified atom stereocenters. The fourth-order valence-electron chi connectivity index (χ4n) is 7.49. The molecule has 3 heterocycles. The van der Waals surface area contributed by atoms with E-state index in [-0.39, 0.29) is 55.2 Å². The van der Waals surface area contributed by atoms with Gasteiger partial charge in [0.15, 0.2) is 0 Å². The van der Waals surface area contributed by atoms with Crippen molar-refractivity contribution in [3.8, 4) is 5.75 Å². The maximum Gasteiger partial charge on any atom is 0.313 e. The average molecular weight is 753 g/mol. The highest BCUT2D eigenvalue weighted by Gasteiger charge is 2.77. The highest BCUT2D eigenvalue weighted by molar-refractivity contribution is 9.09.